The molecule has 0 amide bonds. The first-order valence-electron chi connectivity index (χ1n) is 6.67. The topological polar surface area (TPSA) is 51.0 Å². The Balaban J connectivity index is 2.25. The molecule has 0 bridgehead atoms. The standard InChI is InChI=1S/C14H17BrIN3O/c1-3-7-17-12(4-2)14-19-18-13(20-14)10-8-9(15)5-6-11(10)16/h5-6,8,12,17H,3-4,7H2,1-2H3. The zero-order valence-corrected chi connectivity index (χ0v) is 15.2. The van der Waals surface area contributed by atoms with E-state index in [9.17, 15) is 0 Å². The molecule has 1 N–H and O–H groups in total. The molecule has 0 saturated heterocycles. The third-order valence-corrected chi connectivity index (χ3v) is 4.38. The predicted molar refractivity (Wildman–Crippen MR) is 91.5 cm³/mol. The molecule has 0 spiro atoms. The van der Waals surface area contributed by atoms with Crippen LogP contribution in [-0.4, -0.2) is 16.7 Å². The van der Waals surface area contributed by atoms with E-state index >= 15 is 0 Å². The van der Waals surface area contributed by atoms with Gasteiger partial charge in [0.2, 0.25) is 11.8 Å². The Labute approximate surface area is 141 Å². The van der Waals surface area contributed by atoms with E-state index in [2.05, 4.69) is 67.9 Å². The van der Waals surface area contributed by atoms with Crippen LogP contribution in [0.1, 0.15) is 38.6 Å². The second-order valence-electron chi connectivity index (χ2n) is 4.48. The van der Waals surface area contributed by atoms with Gasteiger partial charge in [-0.1, -0.05) is 29.8 Å². The molecule has 108 valence electrons. The number of nitrogens with one attached hydrogen (secondary N) is 1. The summed E-state index contributed by atoms with van der Waals surface area (Å²) in [5, 5.41) is 11.8. The Morgan fingerprint density at radius 2 is 2.15 bits per heavy atom. The molecule has 1 atom stereocenters. The second kappa shape index (κ2) is 7.51. The molecule has 1 aromatic heterocycles. The summed E-state index contributed by atoms with van der Waals surface area (Å²) >= 11 is 5.75. The van der Waals surface area contributed by atoms with Crippen LogP contribution < -0.4 is 5.32 Å². The molecule has 1 heterocycles. The monoisotopic (exact) mass is 449 g/mol. The van der Waals surface area contributed by atoms with Crippen molar-refractivity contribution in [2.75, 3.05) is 6.54 Å². The Morgan fingerprint density at radius 3 is 2.85 bits per heavy atom. The number of halogens is 2. The maximum atomic E-state index is 5.85. The Morgan fingerprint density at radius 1 is 1.35 bits per heavy atom. The second-order valence-corrected chi connectivity index (χ2v) is 6.56. The van der Waals surface area contributed by atoms with Crippen LogP contribution in [0.3, 0.4) is 0 Å². The molecule has 0 aliphatic carbocycles. The van der Waals surface area contributed by atoms with E-state index in [1.807, 2.05) is 18.2 Å². The summed E-state index contributed by atoms with van der Waals surface area (Å²) in [6, 6.07) is 6.15. The number of rotatable bonds is 6. The summed E-state index contributed by atoms with van der Waals surface area (Å²) in [7, 11) is 0. The van der Waals surface area contributed by atoms with Gasteiger partial charge in [-0.15, -0.1) is 10.2 Å². The number of nitrogens with zero attached hydrogens (tertiary/aromatic N) is 2. The van der Waals surface area contributed by atoms with Crippen molar-refractivity contribution in [3.8, 4) is 11.5 Å². The van der Waals surface area contributed by atoms with Crippen LogP contribution in [0.15, 0.2) is 27.1 Å². The first-order valence-corrected chi connectivity index (χ1v) is 8.55. The van der Waals surface area contributed by atoms with E-state index in [0.717, 1.165) is 33.0 Å². The number of hydrogen-bond donors (Lipinski definition) is 1. The van der Waals surface area contributed by atoms with Crippen molar-refractivity contribution in [2.45, 2.75) is 32.7 Å². The highest BCUT2D eigenvalue weighted by molar-refractivity contribution is 14.1. The number of hydrogen-bond acceptors (Lipinski definition) is 4. The predicted octanol–water partition coefficient (Wildman–Crippen LogP) is 4.55. The van der Waals surface area contributed by atoms with Crippen LogP contribution in [0, 0.1) is 3.57 Å². The molecule has 0 aliphatic rings. The van der Waals surface area contributed by atoms with Gasteiger partial charge in [0.15, 0.2) is 0 Å². The minimum Gasteiger partial charge on any atom is -0.419 e. The lowest BCUT2D eigenvalue weighted by atomic mass is 10.2. The van der Waals surface area contributed by atoms with Gasteiger partial charge in [0, 0.05) is 8.04 Å². The highest BCUT2D eigenvalue weighted by Gasteiger charge is 2.18. The Bertz CT molecular complexity index is 573. The van der Waals surface area contributed by atoms with Crippen LogP contribution in [0.5, 0.6) is 0 Å². The molecule has 4 nitrogen and oxygen atoms in total. The zero-order chi connectivity index (χ0) is 14.5. The van der Waals surface area contributed by atoms with Crippen molar-refractivity contribution >= 4 is 38.5 Å². The van der Waals surface area contributed by atoms with Crippen LogP contribution in [-0.2, 0) is 0 Å². The first-order chi connectivity index (χ1) is 9.65. The molecule has 2 aromatic rings. The lowest BCUT2D eigenvalue weighted by Gasteiger charge is -2.11. The van der Waals surface area contributed by atoms with Gasteiger partial charge in [-0.25, -0.2) is 0 Å². The lowest BCUT2D eigenvalue weighted by molar-refractivity contribution is 0.396. The molecular weight excluding hydrogens is 433 g/mol. The van der Waals surface area contributed by atoms with E-state index in [1.54, 1.807) is 0 Å². The Hall–Kier alpha value is -0.470. The average molecular weight is 450 g/mol. The van der Waals surface area contributed by atoms with Gasteiger partial charge < -0.3 is 9.73 Å². The summed E-state index contributed by atoms with van der Waals surface area (Å²) in [6.45, 7) is 5.20. The lowest BCUT2D eigenvalue weighted by Crippen LogP contribution is -2.21. The highest BCUT2D eigenvalue weighted by Crippen LogP contribution is 2.28. The van der Waals surface area contributed by atoms with Crippen LogP contribution in [0.25, 0.3) is 11.5 Å². The molecular formula is C14H17BrIN3O. The molecule has 2 rings (SSSR count). The third-order valence-electron chi connectivity index (χ3n) is 2.95. The minimum absolute atomic E-state index is 0.126. The molecule has 0 saturated carbocycles. The van der Waals surface area contributed by atoms with Crippen molar-refractivity contribution < 1.29 is 4.42 Å². The fourth-order valence-electron chi connectivity index (χ4n) is 1.87. The van der Waals surface area contributed by atoms with E-state index < -0.39 is 0 Å². The summed E-state index contributed by atoms with van der Waals surface area (Å²) in [6.07, 6.45) is 2.01. The fraction of sp³-hybridized carbons (Fsp3) is 0.429. The average Bonchev–Trinajstić information content (AvgIpc) is 2.92. The molecule has 0 fully saturated rings. The van der Waals surface area contributed by atoms with Gasteiger partial charge in [-0.05, 0) is 60.2 Å². The van der Waals surface area contributed by atoms with Crippen molar-refractivity contribution in [2.24, 2.45) is 0 Å². The fourth-order valence-corrected chi connectivity index (χ4v) is 2.80. The number of benzene rings is 1. The van der Waals surface area contributed by atoms with Crippen LogP contribution in [0.4, 0.5) is 0 Å². The largest absolute Gasteiger partial charge is 0.419 e. The molecule has 1 aromatic carbocycles. The molecule has 0 aliphatic heterocycles. The highest BCUT2D eigenvalue weighted by atomic mass is 127. The zero-order valence-electron chi connectivity index (χ0n) is 11.5. The van der Waals surface area contributed by atoms with E-state index in [1.165, 1.54) is 0 Å². The van der Waals surface area contributed by atoms with Crippen molar-refractivity contribution in [1.29, 1.82) is 0 Å². The number of aromatic nitrogens is 2. The molecule has 20 heavy (non-hydrogen) atoms. The van der Waals surface area contributed by atoms with Gasteiger partial charge in [0.1, 0.15) is 0 Å². The summed E-state index contributed by atoms with van der Waals surface area (Å²) in [5.41, 5.74) is 0.962. The maximum absolute atomic E-state index is 5.85. The van der Waals surface area contributed by atoms with Crippen LogP contribution >= 0.6 is 38.5 Å². The van der Waals surface area contributed by atoms with Gasteiger partial charge in [0.05, 0.1) is 11.6 Å². The SMILES string of the molecule is CCCNC(CC)c1nnc(-c2cc(Br)ccc2I)o1. The van der Waals surface area contributed by atoms with E-state index in [-0.39, 0.29) is 6.04 Å². The maximum Gasteiger partial charge on any atom is 0.248 e. The molecule has 0 radical (unpaired) electrons. The van der Waals surface area contributed by atoms with Crippen molar-refractivity contribution in [1.82, 2.24) is 15.5 Å². The van der Waals surface area contributed by atoms with Crippen molar-refractivity contribution in [3.05, 3.63) is 32.1 Å². The molecule has 6 heteroatoms. The van der Waals surface area contributed by atoms with Gasteiger partial charge in [0.25, 0.3) is 0 Å². The van der Waals surface area contributed by atoms with Crippen molar-refractivity contribution in [3.63, 3.8) is 0 Å². The van der Waals surface area contributed by atoms with Gasteiger partial charge in [-0.2, -0.15) is 0 Å². The third kappa shape index (κ3) is 3.79. The normalized spacial score (nSPS) is 12.6. The van der Waals surface area contributed by atoms with E-state index in [4.69, 9.17) is 4.42 Å². The van der Waals surface area contributed by atoms with Gasteiger partial charge in [-0.3, -0.25) is 0 Å². The van der Waals surface area contributed by atoms with Crippen LogP contribution in [0.2, 0.25) is 0 Å². The molecule has 1 unspecified atom stereocenters. The van der Waals surface area contributed by atoms with Gasteiger partial charge >= 0.3 is 0 Å². The summed E-state index contributed by atoms with van der Waals surface area (Å²) in [4.78, 5) is 0. The Kier molecular flexibility index (Phi) is 5.98. The quantitative estimate of drug-likeness (QED) is 0.657. The minimum atomic E-state index is 0.126. The smallest absolute Gasteiger partial charge is 0.248 e. The summed E-state index contributed by atoms with van der Waals surface area (Å²) < 4.78 is 7.94. The van der Waals surface area contributed by atoms with E-state index in [0.29, 0.717) is 11.8 Å². The summed E-state index contributed by atoms with van der Waals surface area (Å²) in [5.74, 6) is 1.23. The first kappa shape index (κ1) is 15.9.